The van der Waals surface area contributed by atoms with Gasteiger partial charge in [0, 0.05) is 0 Å². The average Bonchev–Trinajstić information content (AvgIpc) is 2.56. The maximum Gasteiger partial charge on any atom is 0.345 e. The molecule has 2 aromatic rings. The largest absolute Gasteiger partial charge is 0.423 e. The van der Waals surface area contributed by atoms with Gasteiger partial charge < -0.3 is 10.5 Å². The highest BCUT2D eigenvalue weighted by Gasteiger charge is 2.13. The average molecular weight is 307 g/mol. The molecule has 0 atom stereocenters. The second-order valence-corrected chi connectivity index (χ2v) is 4.35. The maximum atomic E-state index is 12.2. The van der Waals surface area contributed by atoms with Gasteiger partial charge in [-0.15, -0.1) is 0 Å². The third kappa shape index (κ3) is 4.15. The number of anilines is 1. The van der Waals surface area contributed by atoms with Crippen molar-refractivity contribution >= 4 is 23.2 Å². The minimum absolute atomic E-state index is 0.237. The first-order valence-corrected chi connectivity index (χ1v) is 6.56. The Morgan fingerprint density at radius 2 is 1.83 bits per heavy atom. The number of carbonyl (C=O) groups excluding carboxylic acids is 1. The fourth-order valence-corrected chi connectivity index (χ4v) is 1.67. The van der Waals surface area contributed by atoms with Crippen molar-refractivity contribution in [1.29, 1.82) is 10.7 Å². The summed E-state index contributed by atoms with van der Waals surface area (Å²) in [4.78, 5) is 12.2. The van der Waals surface area contributed by atoms with Crippen molar-refractivity contribution in [2.45, 2.75) is 0 Å². The van der Waals surface area contributed by atoms with Gasteiger partial charge in [-0.1, -0.05) is 30.3 Å². The summed E-state index contributed by atoms with van der Waals surface area (Å²) in [6.07, 6.45) is 0. The van der Waals surface area contributed by atoms with Gasteiger partial charge in [0.15, 0.2) is 5.84 Å². The third-order valence-electron chi connectivity index (χ3n) is 2.75. The Bertz CT molecular complexity index is 794. The van der Waals surface area contributed by atoms with Crippen LogP contribution in [0.15, 0.2) is 59.7 Å². The zero-order chi connectivity index (χ0) is 16.7. The number of nitrogens with two attached hydrogens (primary N) is 1. The zero-order valence-corrected chi connectivity index (χ0v) is 12.0. The van der Waals surface area contributed by atoms with E-state index in [1.165, 1.54) is 0 Å². The van der Waals surface area contributed by atoms with Crippen LogP contribution in [-0.2, 0) is 0 Å². The lowest BCUT2D eigenvalue weighted by molar-refractivity contribution is 0.0736. The SMILES string of the molecule is N#C/C(=N\Nc1ccccc1C(=O)Oc1ccccc1)C(=N)N. The number of hydrogen-bond donors (Lipinski definition) is 3. The summed E-state index contributed by atoms with van der Waals surface area (Å²) < 4.78 is 5.26. The van der Waals surface area contributed by atoms with E-state index in [9.17, 15) is 4.79 Å². The molecule has 2 aromatic carbocycles. The Hall–Kier alpha value is -3.66. The van der Waals surface area contributed by atoms with Gasteiger partial charge in [0.1, 0.15) is 11.8 Å². The summed E-state index contributed by atoms with van der Waals surface area (Å²) in [5, 5.41) is 19.7. The van der Waals surface area contributed by atoms with E-state index in [4.69, 9.17) is 21.1 Å². The molecule has 23 heavy (non-hydrogen) atoms. The van der Waals surface area contributed by atoms with Gasteiger partial charge in [-0.2, -0.15) is 10.4 Å². The molecule has 0 amide bonds. The van der Waals surface area contributed by atoms with Crippen molar-refractivity contribution in [1.82, 2.24) is 0 Å². The molecule has 7 heteroatoms. The topological polar surface area (TPSA) is 124 Å². The molecular weight excluding hydrogens is 294 g/mol. The van der Waals surface area contributed by atoms with E-state index in [0.717, 1.165) is 0 Å². The summed E-state index contributed by atoms with van der Waals surface area (Å²) in [7, 11) is 0. The molecule has 4 N–H and O–H groups in total. The number of benzene rings is 2. The fourth-order valence-electron chi connectivity index (χ4n) is 1.67. The van der Waals surface area contributed by atoms with Crippen LogP contribution in [0.4, 0.5) is 5.69 Å². The molecule has 0 saturated heterocycles. The van der Waals surface area contributed by atoms with Crippen LogP contribution < -0.4 is 15.9 Å². The number of amidine groups is 1. The second-order valence-electron chi connectivity index (χ2n) is 4.35. The molecule has 0 aliphatic carbocycles. The van der Waals surface area contributed by atoms with Crippen molar-refractivity contribution in [2.75, 3.05) is 5.43 Å². The smallest absolute Gasteiger partial charge is 0.345 e. The van der Waals surface area contributed by atoms with Crippen LogP contribution in [-0.4, -0.2) is 17.5 Å². The first-order valence-electron chi connectivity index (χ1n) is 6.56. The quantitative estimate of drug-likeness (QED) is 0.256. The van der Waals surface area contributed by atoms with Crippen LogP contribution in [0.1, 0.15) is 10.4 Å². The van der Waals surface area contributed by atoms with Gasteiger partial charge in [-0.3, -0.25) is 10.8 Å². The second kappa shape index (κ2) is 7.38. The Kier molecular flexibility index (Phi) is 5.04. The highest BCUT2D eigenvalue weighted by atomic mass is 16.5. The molecule has 0 spiro atoms. The molecule has 0 aromatic heterocycles. The molecule has 0 heterocycles. The van der Waals surface area contributed by atoms with Crippen LogP contribution in [0.5, 0.6) is 5.75 Å². The minimum atomic E-state index is -0.573. The maximum absolute atomic E-state index is 12.2. The van der Waals surface area contributed by atoms with Crippen LogP contribution >= 0.6 is 0 Å². The number of nitriles is 1. The van der Waals surface area contributed by atoms with E-state index in [2.05, 4.69) is 10.5 Å². The molecule has 0 radical (unpaired) electrons. The number of rotatable bonds is 5. The summed E-state index contributed by atoms with van der Waals surface area (Å²) >= 11 is 0. The summed E-state index contributed by atoms with van der Waals surface area (Å²) in [6, 6.07) is 16.8. The molecule has 0 aliphatic rings. The van der Waals surface area contributed by atoms with E-state index in [-0.39, 0.29) is 11.3 Å². The van der Waals surface area contributed by atoms with Crippen LogP contribution in [0.2, 0.25) is 0 Å². The van der Waals surface area contributed by atoms with Gasteiger partial charge in [-0.05, 0) is 24.3 Å². The Labute approximate surface area is 132 Å². The number of ether oxygens (including phenoxy) is 1. The number of esters is 1. The third-order valence-corrected chi connectivity index (χ3v) is 2.75. The molecule has 0 saturated carbocycles. The van der Waals surface area contributed by atoms with E-state index in [1.54, 1.807) is 54.6 Å². The van der Waals surface area contributed by atoms with E-state index in [1.807, 2.05) is 6.07 Å². The number of nitrogens with one attached hydrogen (secondary N) is 2. The summed E-state index contributed by atoms with van der Waals surface area (Å²) in [5.41, 5.74) is 8.06. The monoisotopic (exact) mass is 307 g/mol. The van der Waals surface area contributed by atoms with E-state index < -0.39 is 11.8 Å². The number of para-hydroxylation sites is 2. The summed E-state index contributed by atoms with van der Waals surface area (Å²) in [6.45, 7) is 0. The van der Waals surface area contributed by atoms with Crippen molar-refractivity contribution in [3.05, 3.63) is 60.2 Å². The van der Waals surface area contributed by atoms with Gasteiger partial charge in [0.05, 0.1) is 11.3 Å². The highest BCUT2D eigenvalue weighted by Crippen LogP contribution is 2.18. The molecule has 0 bridgehead atoms. The van der Waals surface area contributed by atoms with Crippen LogP contribution in [0.25, 0.3) is 0 Å². The lowest BCUT2D eigenvalue weighted by atomic mass is 10.2. The lowest BCUT2D eigenvalue weighted by Gasteiger charge is -2.09. The van der Waals surface area contributed by atoms with Crippen molar-refractivity contribution in [2.24, 2.45) is 10.8 Å². The first-order chi connectivity index (χ1) is 11.1. The van der Waals surface area contributed by atoms with E-state index >= 15 is 0 Å². The van der Waals surface area contributed by atoms with Crippen molar-refractivity contribution < 1.29 is 9.53 Å². The Morgan fingerprint density at radius 1 is 1.17 bits per heavy atom. The zero-order valence-electron chi connectivity index (χ0n) is 12.0. The first kappa shape index (κ1) is 15.7. The fraction of sp³-hybridized carbons (Fsp3) is 0. The summed E-state index contributed by atoms with van der Waals surface area (Å²) in [5.74, 6) is -0.627. The molecule has 0 fully saturated rings. The standard InChI is InChI=1S/C16H13N5O2/c17-10-14(15(18)19)21-20-13-9-5-4-8-12(13)16(22)23-11-6-2-1-3-7-11/h1-9,20H,(H3,18,19)/b21-14+. The normalized spacial score (nSPS) is 10.5. The number of hydrogen-bond acceptors (Lipinski definition) is 6. The molecule has 0 unspecified atom stereocenters. The van der Waals surface area contributed by atoms with E-state index in [0.29, 0.717) is 11.4 Å². The minimum Gasteiger partial charge on any atom is -0.423 e. The lowest BCUT2D eigenvalue weighted by Crippen LogP contribution is -2.22. The Balaban J connectivity index is 2.22. The molecule has 114 valence electrons. The Morgan fingerprint density at radius 3 is 2.48 bits per heavy atom. The molecule has 7 nitrogen and oxygen atoms in total. The predicted octanol–water partition coefficient (Wildman–Crippen LogP) is 2.13. The highest BCUT2D eigenvalue weighted by molar-refractivity contribution is 6.45. The molecule has 0 aliphatic heterocycles. The number of hydrazone groups is 1. The van der Waals surface area contributed by atoms with Gasteiger partial charge in [0.2, 0.25) is 5.71 Å². The number of carbonyl (C=O) groups is 1. The van der Waals surface area contributed by atoms with Crippen molar-refractivity contribution in [3.8, 4) is 11.8 Å². The molecular formula is C16H13N5O2. The number of nitrogens with zero attached hydrogens (tertiary/aromatic N) is 2. The van der Waals surface area contributed by atoms with Crippen molar-refractivity contribution in [3.63, 3.8) is 0 Å². The van der Waals surface area contributed by atoms with Gasteiger partial charge in [-0.25, -0.2) is 4.79 Å². The van der Waals surface area contributed by atoms with Gasteiger partial charge in [0.25, 0.3) is 0 Å². The predicted molar refractivity (Wildman–Crippen MR) is 86.4 cm³/mol. The van der Waals surface area contributed by atoms with Crippen LogP contribution in [0.3, 0.4) is 0 Å². The molecule has 2 rings (SSSR count). The van der Waals surface area contributed by atoms with Gasteiger partial charge >= 0.3 is 5.97 Å². The van der Waals surface area contributed by atoms with Crippen LogP contribution in [0, 0.1) is 16.7 Å².